The minimum atomic E-state index is -0.759. The lowest BCUT2D eigenvalue weighted by atomic mass is 10.0. The van der Waals surface area contributed by atoms with E-state index in [0.29, 0.717) is 19.3 Å². The SMILES string of the molecule is CCCCCCCCCCCCC(=O)O[C@@H](COC(=O)CCCCCCCCCCCC(C)C)COC(=O)CCCCCCCCC(C)C. The van der Waals surface area contributed by atoms with Gasteiger partial charge in [-0.1, -0.05) is 189 Å². The van der Waals surface area contributed by atoms with Gasteiger partial charge in [-0.2, -0.15) is 0 Å². The quantitative estimate of drug-likeness (QED) is 0.0366. The van der Waals surface area contributed by atoms with Gasteiger partial charge >= 0.3 is 17.9 Å². The number of rotatable bonds is 37. The third-order valence-electron chi connectivity index (χ3n) is 9.47. The van der Waals surface area contributed by atoms with Gasteiger partial charge in [0.15, 0.2) is 6.10 Å². The molecule has 0 radical (unpaired) electrons. The topological polar surface area (TPSA) is 78.9 Å². The van der Waals surface area contributed by atoms with Crippen molar-refractivity contribution < 1.29 is 28.6 Å². The summed E-state index contributed by atoms with van der Waals surface area (Å²) in [5.41, 5.74) is 0. The summed E-state index contributed by atoms with van der Waals surface area (Å²) < 4.78 is 16.6. The van der Waals surface area contributed by atoms with Crippen LogP contribution < -0.4 is 0 Å². The van der Waals surface area contributed by atoms with E-state index in [0.717, 1.165) is 69.6 Å². The summed E-state index contributed by atoms with van der Waals surface area (Å²) in [6.07, 6.45) is 32.4. The van der Waals surface area contributed by atoms with Crippen molar-refractivity contribution in [3.63, 3.8) is 0 Å². The Hall–Kier alpha value is -1.59. The van der Waals surface area contributed by atoms with E-state index < -0.39 is 6.10 Å². The molecule has 0 saturated heterocycles. The van der Waals surface area contributed by atoms with Gasteiger partial charge in [0.25, 0.3) is 0 Å². The maximum atomic E-state index is 12.6. The molecule has 0 heterocycles. The molecule has 0 aromatic heterocycles. The van der Waals surface area contributed by atoms with Crippen molar-refractivity contribution >= 4 is 17.9 Å². The molecule has 0 unspecified atom stereocenters. The molecule has 0 saturated carbocycles. The Bertz CT molecular complexity index is 749. The van der Waals surface area contributed by atoms with Crippen molar-refractivity contribution in [2.24, 2.45) is 11.8 Å². The molecule has 0 bridgehead atoms. The van der Waals surface area contributed by atoms with Crippen LogP contribution in [0.15, 0.2) is 0 Å². The molecule has 0 aliphatic heterocycles. The first-order chi connectivity index (χ1) is 23.7. The van der Waals surface area contributed by atoms with Crippen LogP contribution in [0.1, 0.15) is 227 Å². The van der Waals surface area contributed by atoms with Crippen molar-refractivity contribution in [1.29, 1.82) is 0 Å². The van der Waals surface area contributed by atoms with E-state index >= 15 is 0 Å². The van der Waals surface area contributed by atoms with Crippen LogP contribution in [0.2, 0.25) is 0 Å². The highest BCUT2D eigenvalue weighted by atomic mass is 16.6. The van der Waals surface area contributed by atoms with E-state index in [1.165, 1.54) is 116 Å². The molecule has 290 valence electrons. The zero-order chi connectivity index (χ0) is 36.2. The lowest BCUT2D eigenvalue weighted by Crippen LogP contribution is -2.30. The average molecular weight is 695 g/mol. The van der Waals surface area contributed by atoms with E-state index in [4.69, 9.17) is 14.2 Å². The van der Waals surface area contributed by atoms with E-state index in [2.05, 4.69) is 34.6 Å². The number of unbranched alkanes of at least 4 members (excludes halogenated alkanes) is 22. The van der Waals surface area contributed by atoms with Crippen molar-refractivity contribution in [1.82, 2.24) is 0 Å². The van der Waals surface area contributed by atoms with Gasteiger partial charge in [-0.05, 0) is 31.1 Å². The second-order valence-corrected chi connectivity index (χ2v) is 15.6. The van der Waals surface area contributed by atoms with Crippen LogP contribution in [-0.2, 0) is 28.6 Å². The highest BCUT2D eigenvalue weighted by molar-refractivity contribution is 5.71. The van der Waals surface area contributed by atoms with Crippen LogP contribution in [0, 0.1) is 11.8 Å². The number of hydrogen-bond acceptors (Lipinski definition) is 6. The number of hydrogen-bond donors (Lipinski definition) is 0. The Balaban J connectivity index is 4.34. The minimum absolute atomic E-state index is 0.0664. The number of carbonyl (C=O) groups is 3. The van der Waals surface area contributed by atoms with Crippen LogP contribution in [0.4, 0.5) is 0 Å². The summed E-state index contributed by atoms with van der Waals surface area (Å²) in [6, 6.07) is 0. The number of ether oxygens (including phenoxy) is 3. The molecule has 0 N–H and O–H groups in total. The molecular weight excluding hydrogens is 612 g/mol. The Labute approximate surface area is 304 Å². The fraction of sp³-hybridized carbons (Fsp3) is 0.930. The van der Waals surface area contributed by atoms with Gasteiger partial charge in [0.2, 0.25) is 0 Å². The first-order valence-electron chi connectivity index (χ1n) is 21.2. The molecule has 0 aromatic carbocycles. The van der Waals surface area contributed by atoms with Gasteiger partial charge in [0.1, 0.15) is 13.2 Å². The molecule has 0 aliphatic rings. The predicted molar refractivity (Wildman–Crippen MR) is 206 cm³/mol. The summed E-state index contributed by atoms with van der Waals surface area (Å²) in [5.74, 6) is 0.704. The zero-order valence-corrected chi connectivity index (χ0v) is 33.3. The lowest BCUT2D eigenvalue weighted by Gasteiger charge is -2.18. The molecule has 1 atom stereocenters. The third kappa shape index (κ3) is 37.5. The minimum Gasteiger partial charge on any atom is -0.462 e. The summed E-state index contributed by atoms with van der Waals surface area (Å²) in [6.45, 7) is 11.2. The first-order valence-corrected chi connectivity index (χ1v) is 21.2. The van der Waals surface area contributed by atoms with Crippen molar-refractivity contribution in [3.8, 4) is 0 Å². The van der Waals surface area contributed by atoms with Crippen LogP contribution in [0.25, 0.3) is 0 Å². The molecule has 49 heavy (non-hydrogen) atoms. The van der Waals surface area contributed by atoms with Gasteiger partial charge in [0, 0.05) is 19.3 Å². The van der Waals surface area contributed by atoms with E-state index in [-0.39, 0.29) is 31.1 Å². The smallest absolute Gasteiger partial charge is 0.306 e. The Morgan fingerprint density at radius 1 is 0.388 bits per heavy atom. The zero-order valence-electron chi connectivity index (χ0n) is 33.3. The van der Waals surface area contributed by atoms with Gasteiger partial charge in [0.05, 0.1) is 0 Å². The Morgan fingerprint density at radius 3 is 1.00 bits per heavy atom. The summed E-state index contributed by atoms with van der Waals surface area (Å²) in [7, 11) is 0. The Morgan fingerprint density at radius 2 is 0.673 bits per heavy atom. The molecule has 0 spiro atoms. The predicted octanol–water partition coefficient (Wildman–Crippen LogP) is 13.0. The van der Waals surface area contributed by atoms with Crippen molar-refractivity contribution in [3.05, 3.63) is 0 Å². The summed E-state index contributed by atoms with van der Waals surface area (Å²) >= 11 is 0. The van der Waals surface area contributed by atoms with Gasteiger partial charge in [-0.3, -0.25) is 14.4 Å². The van der Waals surface area contributed by atoms with Gasteiger partial charge < -0.3 is 14.2 Å². The lowest BCUT2D eigenvalue weighted by molar-refractivity contribution is -0.167. The van der Waals surface area contributed by atoms with Crippen LogP contribution in [0.5, 0.6) is 0 Å². The standard InChI is InChI=1S/C43H82O6/c1-6-7-8-9-10-11-14-18-25-30-35-43(46)49-40(37-48-42(45)34-29-24-20-19-22-27-32-39(4)5)36-47-41(44)33-28-23-17-15-12-13-16-21-26-31-38(2)3/h38-40H,6-37H2,1-5H3/t40-/m0/s1. The van der Waals surface area contributed by atoms with E-state index in [1.807, 2.05) is 0 Å². The monoisotopic (exact) mass is 695 g/mol. The van der Waals surface area contributed by atoms with Gasteiger partial charge in [-0.15, -0.1) is 0 Å². The average Bonchev–Trinajstić information content (AvgIpc) is 3.06. The summed E-state index contributed by atoms with van der Waals surface area (Å²) in [4.78, 5) is 37.5. The van der Waals surface area contributed by atoms with Crippen LogP contribution in [-0.4, -0.2) is 37.2 Å². The molecule has 0 aromatic rings. The second kappa shape index (κ2) is 36.2. The van der Waals surface area contributed by atoms with Crippen molar-refractivity contribution in [2.75, 3.05) is 13.2 Å². The largest absolute Gasteiger partial charge is 0.462 e. The summed E-state index contributed by atoms with van der Waals surface area (Å²) in [5, 5.41) is 0. The molecule has 0 amide bonds. The highest BCUT2D eigenvalue weighted by Crippen LogP contribution is 2.16. The van der Waals surface area contributed by atoms with Crippen molar-refractivity contribution in [2.45, 2.75) is 233 Å². The molecule has 0 aliphatic carbocycles. The maximum absolute atomic E-state index is 12.6. The fourth-order valence-corrected chi connectivity index (χ4v) is 6.22. The maximum Gasteiger partial charge on any atom is 0.306 e. The molecule has 0 rings (SSSR count). The molecule has 0 fully saturated rings. The molecule has 6 nitrogen and oxygen atoms in total. The third-order valence-corrected chi connectivity index (χ3v) is 9.47. The normalized spacial score (nSPS) is 12.1. The van der Waals surface area contributed by atoms with E-state index in [9.17, 15) is 14.4 Å². The fourth-order valence-electron chi connectivity index (χ4n) is 6.22. The van der Waals surface area contributed by atoms with Crippen LogP contribution in [0.3, 0.4) is 0 Å². The first kappa shape index (κ1) is 47.4. The molecule has 6 heteroatoms. The number of esters is 3. The van der Waals surface area contributed by atoms with Gasteiger partial charge in [-0.25, -0.2) is 0 Å². The number of carbonyl (C=O) groups excluding carboxylic acids is 3. The Kier molecular flexibility index (Phi) is 35.0. The van der Waals surface area contributed by atoms with Crippen LogP contribution >= 0.6 is 0 Å². The highest BCUT2D eigenvalue weighted by Gasteiger charge is 2.19. The second-order valence-electron chi connectivity index (χ2n) is 15.6. The van der Waals surface area contributed by atoms with E-state index in [1.54, 1.807) is 0 Å². The molecular formula is C43H82O6.